The maximum absolute atomic E-state index is 12.1. The molecule has 2 heterocycles. The third-order valence-electron chi connectivity index (χ3n) is 1.93. The van der Waals surface area contributed by atoms with E-state index < -0.39 is 0 Å². The lowest BCUT2D eigenvalue weighted by atomic mass is 10.1. The molecule has 0 aromatic carbocycles. The first-order valence-electron chi connectivity index (χ1n) is 4.14. The topological polar surface area (TPSA) is 17.1 Å². The first kappa shape index (κ1) is 11.5. The van der Waals surface area contributed by atoms with Gasteiger partial charge in [0.05, 0.1) is 12.4 Å². The molecule has 0 unspecified atom stereocenters. The number of hydrogen-bond acceptors (Lipinski definition) is 3. The molecule has 0 aliphatic heterocycles. The Morgan fingerprint density at radius 1 is 1.20 bits per heavy atom. The van der Waals surface area contributed by atoms with Crippen LogP contribution in [0.4, 0.5) is 0 Å². The lowest BCUT2D eigenvalue weighted by molar-refractivity contribution is 0.104. The second-order valence-corrected chi connectivity index (χ2v) is 8.05. The summed E-state index contributed by atoms with van der Waals surface area (Å²) in [4.78, 5) is 13.9. The van der Waals surface area contributed by atoms with Crippen molar-refractivity contribution in [3.63, 3.8) is 0 Å². The zero-order chi connectivity index (χ0) is 11.0. The molecule has 1 nitrogen and oxygen atoms in total. The number of ketones is 1. The molecule has 0 bridgehead atoms. The van der Waals surface area contributed by atoms with Gasteiger partial charge in [-0.1, -0.05) is 0 Å². The zero-order valence-corrected chi connectivity index (χ0v) is 12.5. The van der Waals surface area contributed by atoms with E-state index in [0.717, 1.165) is 22.9 Å². The number of rotatable bonds is 2. The van der Waals surface area contributed by atoms with E-state index in [2.05, 4.69) is 31.9 Å². The number of thiophene rings is 2. The molecule has 5 heteroatoms. The molecule has 2 aromatic rings. The lowest BCUT2D eigenvalue weighted by Gasteiger charge is -1.94. The van der Waals surface area contributed by atoms with E-state index in [9.17, 15) is 4.79 Å². The average Bonchev–Trinajstić information content (AvgIpc) is 2.71. The molecular formula is C10H6Br2OS2. The highest BCUT2D eigenvalue weighted by Gasteiger charge is 2.16. The molecule has 0 amide bonds. The van der Waals surface area contributed by atoms with Gasteiger partial charge in [-0.2, -0.15) is 0 Å². The van der Waals surface area contributed by atoms with Crippen LogP contribution in [-0.2, 0) is 0 Å². The Balaban J connectivity index is 2.40. The Labute approximate surface area is 112 Å². The van der Waals surface area contributed by atoms with Gasteiger partial charge in [-0.3, -0.25) is 4.79 Å². The molecule has 0 atom stereocenters. The summed E-state index contributed by atoms with van der Waals surface area (Å²) in [5.74, 6) is 0.102. The van der Waals surface area contributed by atoms with Crippen molar-refractivity contribution in [1.82, 2.24) is 0 Å². The minimum absolute atomic E-state index is 0.102. The number of halogens is 2. The minimum atomic E-state index is 0.102. The standard InChI is InChI=1S/C10H6Br2OS2/c1-5-6(4-9(12)14-5)10(13)7-2-3-8(11)15-7/h2-4H,1H3. The van der Waals surface area contributed by atoms with Crippen LogP contribution in [0.15, 0.2) is 25.8 Å². The number of aryl methyl sites for hydroxylation is 1. The van der Waals surface area contributed by atoms with Gasteiger partial charge in [0.1, 0.15) is 0 Å². The molecular weight excluding hydrogens is 360 g/mol. The van der Waals surface area contributed by atoms with E-state index in [0.29, 0.717) is 0 Å². The Bertz CT molecular complexity index is 513. The van der Waals surface area contributed by atoms with E-state index in [1.54, 1.807) is 11.3 Å². The Kier molecular flexibility index (Phi) is 3.45. The molecule has 0 fully saturated rings. The molecule has 0 N–H and O–H groups in total. The lowest BCUT2D eigenvalue weighted by Crippen LogP contribution is -1.97. The van der Waals surface area contributed by atoms with E-state index in [1.807, 2.05) is 25.1 Å². The van der Waals surface area contributed by atoms with Crippen molar-refractivity contribution in [2.24, 2.45) is 0 Å². The predicted molar refractivity (Wildman–Crippen MR) is 72.2 cm³/mol. The van der Waals surface area contributed by atoms with Crippen LogP contribution < -0.4 is 0 Å². The van der Waals surface area contributed by atoms with Crippen molar-refractivity contribution >= 4 is 60.3 Å². The highest BCUT2D eigenvalue weighted by Crippen LogP contribution is 2.30. The molecule has 0 spiro atoms. The van der Waals surface area contributed by atoms with Crippen LogP contribution >= 0.6 is 54.5 Å². The van der Waals surface area contributed by atoms with Crippen molar-refractivity contribution < 1.29 is 4.79 Å². The summed E-state index contributed by atoms with van der Waals surface area (Å²) in [6.07, 6.45) is 0. The maximum atomic E-state index is 12.1. The van der Waals surface area contributed by atoms with Gasteiger partial charge in [0, 0.05) is 10.4 Å². The summed E-state index contributed by atoms with van der Waals surface area (Å²) in [5, 5.41) is 0. The van der Waals surface area contributed by atoms with E-state index >= 15 is 0 Å². The van der Waals surface area contributed by atoms with E-state index in [1.165, 1.54) is 11.3 Å². The third-order valence-corrected chi connectivity index (χ3v) is 5.11. The monoisotopic (exact) mass is 364 g/mol. The van der Waals surface area contributed by atoms with Crippen LogP contribution in [0.5, 0.6) is 0 Å². The van der Waals surface area contributed by atoms with Gasteiger partial charge in [0.15, 0.2) is 0 Å². The minimum Gasteiger partial charge on any atom is -0.288 e. The van der Waals surface area contributed by atoms with Crippen LogP contribution in [0.25, 0.3) is 0 Å². The predicted octanol–water partition coefficient (Wildman–Crippen LogP) is 4.87. The molecule has 78 valence electrons. The van der Waals surface area contributed by atoms with Crippen LogP contribution in [-0.4, -0.2) is 5.78 Å². The Morgan fingerprint density at radius 2 is 1.93 bits per heavy atom. The molecule has 15 heavy (non-hydrogen) atoms. The number of carbonyl (C=O) groups excluding carboxylic acids is 1. The first-order valence-corrected chi connectivity index (χ1v) is 7.36. The van der Waals surface area contributed by atoms with Crippen LogP contribution in [0.1, 0.15) is 20.1 Å². The highest BCUT2D eigenvalue weighted by molar-refractivity contribution is 9.11. The van der Waals surface area contributed by atoms with Gasteiger partial charge >= 0.3 is 0 Å². The smallest absolute Gasteiger partial charge is 0.204 e. The Morgan fingerprint density at radius 3 is 2.40 bits per heavy atom. The third kappa shape index (κ3) is 2.41. The van der Waals surface area contributed by atoms with Gasteiger partial charge in [0.25, 0.3) is 0 Å². The second-order valence-electron chi connectivity index (χ2n) is 2.95. The molecule has 0 aliphatic rings. The molecule has 0 saturated heterocycles. The van der Waals surface area contributed by atoms with Gasteiger partial charge in [-0.05, 0) is 57.0 Å². The molecule has 0 radical (unpaired) electrons. The van der Waals surface area contributed by atoms with Crippen LogP contribution in [0.2, 0.25) is 0 Å². The summed E-state index contributed by atoms with van der Waals surface area (Å²) < 4.78 is 1.98. The fourth-order valence-corrected chi connectivity index (χ4v) is 4.27. The van der Waals surface area contributed by atoms with Crippen LogP contribution in [0, 0.1) is 6.92 Å². The van der Waals surface area contributed by atoms with Gasteiger partial charge in [-0.15, -0.1) is 22.7 Å². The van der Waals surface area contributed by atoms with E-state index in [-0.39, 0.29) is 5.78 Å². The van der Waals surface area contributed by atoms with E-state index in [4.69, 9.17) is 0 Å². The highest BCUT2D eigenvalue weighted by atomic mass is 79.9. The number of hydrogen-bond donors (Lipinski definition) is 0. The van der Waals surface area contributed by atoms with Gasteiger partial charge in [-0.25, -0.2) is 0 Å². The molecule has 2 rings (SSSR count). The summed E-state index contributed by atoms with van der Waals surface area (Å²) in [5.41, 5.74) is 0.793. The summed E-state index contributed by atoms with van der Waals surface area (Å²) in [6.45, 7) is 1.96. The second kappa shape index (κ2) is 4.49. The van der Waals surface area contributed by atoms with Gasteiger partial charge < -0.3 is 0 Å². The van der Waals surface area contributed by atoms with Crippen molar-refractivity contribution in [2.45, 2.75) is 6.92 Å². The summed E-state index contributed by atoms with van der Waals surface area (Å²) >= 11 is 9.80. The van der Waals surface area contributed by atoms with Gasteiger partial charge in [0.2, 0.25) is 5.78 Å². The SMILES string of the molecule is Cc1sc(Br)cc1C(=O)c1ccc(Br)s1. The zero-order valence-electron chi connectivity index (χ0n) is 7.71. The maximum Gasteiger partial charge on any atom is 0.204 e. The first-order chi connectivity index (χ1) is 7.08. The molecule has 2 aromatic heterocycles. The van der Waals surface area contributed by atoms with Crippen molar-refractivity contribution in [3.8, 4) is 0 Å². The fourth-order valence-electron chi connectivity index (χ4n) is 1.24. The van der Waals surface area contributed by atoms with Crippen molar-refractivity contribution in [1.29, 1.82) is 0 Å². The van der Waals surface area contributed by atoms with Crippen molar-refractivity contribution in [2.75, 3.05) is 0 Å². The normalized spacial score (nSPS) is 10.6. The molecule has 0 saturated carbocycles. The number of carbonyl (C=O) groups is 1. The largest absolute Gasteiger partial charge is 0.288 e. The fraction of sp³-hybridized carbons (Fsp3) is 0.100. The quantitative estimate of drug-likeness (QED) is 0.693. The average molecular weight is 366 g/mol. The van der Waals surface area contributed by atoms with Crippen molar-refractivity contribution in [3.05, 3.63) is 41.1 Å². The van der Waals surface area contributed by atoms with Crippen LogP contribution in [0.3, 0.4) is 0 Å². The summed E-state index contributed by atoms with van der Waals surface area (Å²) in [6, 6.07) is 5.63. The molecule has 0 aliphatic carbocycles. The summed E-state index contributed by atoms with van der Waals surface area (Å²) in [7, 11) is 0. The Hall–Kier alpha value is 0.0300.